The zero-order valence-corrected chi connectivity index (χ0v) is 16.4. The molecule has 0 fully saturated rings. The van der Waals surface area contributed by atoms with Crippen molar-refractivity contribution in [3.05, 3.63) is 99.6 Å². The van der Waals surface area contributed by atoms with Gasteiger partial charge in [-0.25, -0.2) is 9.82 Å². The van der Waals surface area contributed by atoms with Crippen LogP contribution in [0.2, 0.25) is 0 Å². The van der Waals surface area contributed by atoms with E-state index >= 15 is 0 Å². The van der Waals surface area contributed by atoms with Gasteiger partial charge in [0.15, 0.2) is 0 Å². The molecule has 7 heteroatoms. The van der Waals surface area contributed by atoms with Crippen LogP contribution in [0.5, 0.6) is 0 Å². The minimum absolute atomic E-state index is 0.00630. The topological polar surface area (TPSA) is 70.6 Å². The second kappa shape index (κ2) is 9.57. The number of hydrazone groups is 1. The Morgan fingerprint density at radius 3 is 2.38 bits per heavy atom. The van der Waals surface area contributed by atoms with Crippen molar-refractivity contribution in [1.82, 2.24) is 10.7 Å². The van der Waals surface area contributed by atoms with E-state index in [1.165, 1.54) is 41.7 Å². The van der Waals surface area contributed by atoms with Crippen molar-refractivity contribution in [2.24, 2.45) is 5.10 Å². The number of benzene rings is 2. The minimum Gasteiger partial charge on any atom is -0.317 e. The monoisotopic (exact) mass is 407 g/mol. The number of amides is 2. The van der Waals surface area contributed by atoms with Gasteiger partial charge in [0, 0.05) is 10.4 Å². The SMILES string of the molecule is CC(=NNC(=O)/C(=C/c1ccc(F)cc1)NC(=O)c1ccccc1)c1cccs1. The van der Waals surface area contributed by atoms with E-state index in [0.717, 1.165) is 4.88 Å². The quantitative estimate of drug-likeness (QED) is 0.365. The zero-order valence-electron chi connectivity index (χ0n) is 15.6. The Kier molecular flexibility index (Phi) is 6.65. The van der Waals surface area contributed by atoms with Crippen LogP contribution in [0.4, 0.5) is 4.39 Å². The number of hydrogen-bond donors (Lipinski definition) is 2. The molecule has 3 aromatic rings. The molecule has 0 saturated carbocycles. The van der Waals surface area contributed by atoms with E-state index in [0.29, 0.717) is 16.8 Å². The van der Waals surface area contributed by atoms with Gasteiger partial charge in [-0.1, -0.05) is 36.4 Å². The lowest BCUT2D eigenvalue weighted by atomic mass is 10.1. The van der Waals surface area contributed by atoms with Crippen LogP contribution in [0.15, 0.2) is 82.9 Å². The van der Waals surface area contributed by atoms with Crippen LogP contribution in [0.3, 0.4) is 0 Å². The summed E-state index contributed by atoms with van der Waals surface area (Å²) in [5.74, 6) is -1.42. The van der Waals surface area contributed by atoms with E-state index in [2.05, 4.69) is 15.8 Å². The molecule has 0 bridgehead atoms. The third-order valence-corrected chi connectivity index (χ3v) is 4.89. The maximum absolute atomic E-state index is 13.2. The highest BCUT2D eigenvalue weighted by Gasteiger charge is 2.14. The molecule has 1 aromatic heterocycles. The molecule has 3 rings (SSSR count). The van der Waals surface area contributed by atoms with E-state index in [-0.39, 0.29) is 5.70 Å². The Balaban J connectivity index is 1.83. The first kappa shape index (κ1) is 20.2. The predicted molar refractivity (Wildman–Crippen MR) is 113 cm³/mol. The fourth-order valence-corrected chi connectivity index (χ4v) is 3.08. The van der Waals surface area contributed by atoms with Gasteiger partial charge < -0.3 is 5.32 Å². The molecule has 2 aromatic carbocycles. The second-order valence-corrected chi connectivity index (χ2v) is 6.99. The van der Waals surface area contributed by atoms with Gasteiger partial charge in [0.1, 0.15) is 11.5 Å². The molecular formula is C22H18FN3O2S. The Morgan fingerprint density at radius 2 is 1.72 bits per heavy atom. The number of nitrogens with zero attached hydrogens (tertiary/aromatic N) is 1. The summed E-state index contributed by atoms with van der Waals surface area (Å²) in [4.78, 5) is 26.1. The summed E-state index contributed by atoms with van der Waals surface area (Å²) in [6.45, 7) is 1.78. The first-order valence-corrected chi connectivity index (χ1v) is 9.63. The molecular weight excluding hydrogens is 389 g/mol. The van der Waals surface area contributed by atoms with Crippen molar-refractivity contribution in [2.45, 2.75) is 6.92 Å². The fraction of sp³-hybridized carbons (Fsp3) is 0.0455. The van der Waals surface area contributed by atoms with Gasteiger partial charge in [-0.2, -0.15) is 5.10 Å². The molecule has 0 aliphatic carbocycles. The smallest absolute Gasteiger partial charge is 0.287 e. The van der Waals surface area contributed by atoms with Crippen molar-refractivity contribution < 1.29 is 14.0 Å². The van der Waals surface area contributed by atoms with Gasteiger partial charge in [-0.05, 0) is 54.3 Å². The number of nitrogens with one attached hydrogen (secondary N) is 2. The summed E-state index contributed by atoms with van der Waals surface area (Å²) in [5, 5.41) is 8.62. The molecule has 29 heavy (non-hydrogen) atoms. The van der Waals surface area contributed by atoms with Gasteiger partial charge in [-0.15, -0.1) is 11.3 Å². The van der Waals surface area contributed by atoms with Gasteiger partial charge in [0.05, 0.1) is 5.71 Å². The van der Waals surface area contributed by atoms with Crippen LogP contribution in [0.1, 0.15) is 27.7 Å². The first-order chi connectivity index (χ1) is 14.0. The number of carbonyl (C=O) groups is 2. The summed E-state index contributed by atoms with van der Waals surface area (Å²) < 4.78 is 13.2. The molecule has 0 aliphatic rings. The van der Waals surface area contributed by atoms with Crippen LogP contribution < -0.4 is 10.7 Å². The van der Waals surface area contributed by atoms with Gasteiger partial charge in [-0.3, -0.25) is 9.59 Å². The molecule has 0 unspecified atom stereocenters. The maximum Gasteiger partial charge on any atom is 0.287 e. The van der Waals surface area contributed by atoms with Crippen LogP contribution in [0.25, 0.3) is 6.08 Å². The average Bonchev–Trinajstić information content (AvgIpc) is 3.28. The Morgan fingerprint density at radius 1 is 1.00 bits per heavy atom. The minimum atomic E-state index is -0.588. The molecule has 5 nitrogen and oxygen atoms in total. The molecule has 1 heterocycles. The molecule has 0 atom stereocenters. The van der Waals surface area contributed by atoms with E-state index in [4.69, 9.17) is 0 Å². The Labute approximate surface area is 171 Å². The summed E-state index contributed by atoms with van der Waals surface area (Å²) >= 11 is 1.50. The lowest BCUT2D eigenvalue weighted by Gasteiger charge is -2.09. The van der Waals surface area contributed by atoms with E-state index in [9.17, 15) is 14.0 Å². The number of hydrogen-bond acceptors (Lipinski definition) is 4. The van der Waals surface area contributed by atoms with Crippen molar-refractivity contribution in [3.8, 4) is 0 Å². The lowest BCUT2D eigenvalue weighted by Crippen LogP contribution is -2.33. The summed E-state index contributed by atoms with van der Waals surface area (Å²) in [7, 11) is 0. The summed E-state index contributed by atoms with van der Waals surface area (Å²) in [6.07, 6.45) is 1.46. The van der Waals surface area contributed by atoms with Gasteiger partial charge >= 0.3 is 0 Å². The third-order valence-electron chi connectivity index (χ3n) is 3.91. The van der Waals surface area contributed by atoms with Crippen molar-refractivity contribution in [2.75, 3.05) is 0 Å². The highest BCUT2D eigenvalue weighted by molar-refractivity contribution is 7.12. The summed E-state index contributed by atoms with van der Waals surface area (Å²) in [6, 6.07) is 17.9. The Hall–Kier alpha value is -3.58. The molecule has 2 N–H and O–H groups in total. The van der Waals surface area contributed by atoms with E-state index in [1.807, 2.05) is 17.5 Å². The number of thiophene rings is 1. The lowest BCUT2D eigenvalue weighted by molar-refractivity contribution is -0.117. The van der Waals surface area contributed by atoms with Crippen LogP contribution >= 0.6 is 11.3 Å². The van der Waals surface area contributed by atoms with Crippen LogP contribution in [0, 0.1) is 5.82 Å². The average molecular weight is 407 g/mol. The van der Waals surface area contributed by atoms with Crippen LogP contribution in [-0.4, -0.2) is 17.5 Å². The Bertz CT molecular complexity index is 1040. The van der Waals surface area contributed by atoms with Crippen LogP contribution in [-0.2, 0) is 4.79 Å². The fourth-order valence-electron chi connectivity index (χ4n) is 2.40. The molecule has 146 valence electrons. The first-order valence-electron chi connectivity index (χ1n) is 8.75. The molecule has 0 aliphatic heterocycles. The second-order valence-electron chi connectivity index (χ2n) is 6.05. The molecule has 0 radical (unpaired) electrons. The highest BCUT2D eigenvalue weighted by Crippen LogP contribution is 2.11. The largest absolute Gasteiger partial charge is 0.317 e. The van der Waals surface area contributed by atoms with Crippen molar-refractivity contribution >= 4 is 34.9 Å². The maximum atomic E-state index is 13.2. The van der Waals surface area contributed by atoms with Gasteiger partial charge in [0.2, 0.25) is 0 Å². The molecule has 2 amide bonds. The van der Waals surface area contributed by atoms with E-state index in [1.54, 1.807) is 37.3 Å². The molecule has 0 saturated heterocycles. The zero-order chi connectivity index (χ0) is 20.6. The highest BCUT2D eigenvalue weighted by atomic mass is 32.1. The van der Waals surface area contributed by atoms with E-state index < -0.39 is 17.6 Å². The van der Waals surface area contributed by atoms with Crippen molar-refractivity contribution in [3.63, 3.8) is 0 Å². The summed E-state index contributed by atoms with van der Waals surface area (Å²) in [5.41, 5.74) is 4.06. The standard InChI is InChI=1S/C22H18FN3O2S/c1-15(20-8-5-13-29-20)25-26-22(28)19(14-16-9-11-18(23)12-10-16)24-21(27)17-6-3-2-4-7-17/h2-14H,1H3,(H,24,27)(H,26,28)/b19-14-,25-15?. The number of carbonyl (C=O) groups excluding carboxylic acids is 2. The predicted octanol–water partition coefficient (Wildman–Crippen LogP) is 4.20. The number of halogens is 1. The number of rotatable bonds is 6. The van der Waals surface area contributed by atoms with Gasteiger partial charge in [0.25, 0.3) is 11.8 Å². The van der Waals surface area contributed by atoms with Crippen molar-refractivity contribution in [1.29, 1.82) is 0 Å². The third kappa shape index (κ3) is 5.70. The molecule has 0 spiro atoms. The normalized spacial score (nSPS) is 11.8.